The Balaban J connectivity index is 2.18. The highest BCUT2D eigenvalue weighted by molar-refractivity contribution is 5.87. The predicted octanol–water partition coefficient (Wildman–Crippen LogP) is 5.08. The summed E-state index contributed by atoms with van der Waals surface area (Å²) in [6.07, 6.45) is 1.57. The smallest absolute Gasteiger partial charge is 0.243 e. The van der Waals surface area contributed by atoms with Crippen LogP contribution in [0.15, 0.2) is 48.5 Å². The molecular formula is C27H38N2O3. The summed E-state index contributed by atoms with van der Waals surface area (Å²) in [5, 5.41) is 2.97. The standard InChI is InChI=1S/C27H38N2O3/c1-7-25(27(31)28-20(4)5)29(18-22-10-15-24(32-6)16-11-22)26(30)17-12-21-8-13-23(14-9-21)19(2)3/h8-11,13-16,19-20,25H,7,12,17-18H2,1-6H3,(H,28,31). The lowest BCUT2D eigenvalue weighted by Gasteiger charge is -2.31. The van der Waals surface area contributed by atoms with Gasteiger partial charge in [0, 0.05) is 19.0 Å². The van der Waals surface area contributed by atoms with Gasteiger partial charge < -0.3 is 15.0 Å². The summed E-state index contributed by atoms with van der Waals surface area (Å²) in [5.74, 6) is 1.13. The van der Waals surface area contributed by atoms with Crippen LogP contribution in [0.2, 0.25) is 0 Å². The van der Waals surface area contributed by atoms with Crippen molar-refractivity contribution < 1.29 is 14.3 Å². The predicted molar refractivity (Wildman–Crippen MR) is 130 cm³/mol. The van der Waals surface area contributed by atoms with Crippen LogP contribution in [0, 0.1) is 0 Å². The number of nitrogens with zero attached hydrogens (tertiary/aromatic N) is 1. The van der Waals surface area contributed by atoms with Crippen molar-refractivity contribution in [3.8, 4) is 5.75 Å². The Bertz CT molecular complexity index is 857. The van der Waals surface area contributed by atoms with Gasteiger partial charge in [-0.15, -0.1) is 0 Å². The quantitative estimate of drug-likeness (QED) is 0.532. The molecule has 32 heavy (non-hydrogen) atoms. The molecule has 0 aliphatic carbocycles. The average molecular weight is 439 g/mol. The van der Waals surface area contributed by atoms with Gasteiger partial charge in [-0.2, -0.15) is 0 Å². The Labute approximate surface area is 193 Å². The van der Waals surface area contributed by atoms with E-state index in [9.17, 15) is 9.59 Å². The number of amides is 2. The molecule has 0 heterocycles. The van der Waals surface area contributed by atoms with E-state index in [-0.39, 0.29) is 17.9 Å². The number of ether oxygens (including phenoxy) is 1. The summed E-state index contributed by atoms with van der Waals surface area (Å²) in [5.41, 5.74) is 3.39. The molecular weight excluding hydrogens is 400 g/mol. The molecule has 2 aromatic rings. The summed E-state index contributed by atoms with van der Waals surface area (Å²) >= 11 is 0. The molecule has 0 bridgehead atoms. The first-order chi connectivity index (χ1) is 15.2. The Morgan fingerprint density at radius 3 is 2.03 bits per heavy atom. The normalized spacial score (nSPS) is 12.0. The minimum absolute atomic E-state index is 0.0143. The number of hydrogen-bond acceptors (Lipinski definition) is 3. The molecule has 0 aliphatic heterocycles. The lowest BCUT2D eigenvalue weighted by Crippen LogP contribution is -2.50. The van der Waals surface area contributed by atoms with Crippen molar-refractivity contribution in [2.75, 3.05) is 7.11 Å². The van der Waals surface area contributed by atoms with Crippen molar-refractivity contribution in [2.24, 2.45) is 0 Å². The van der Waals surface area contributed by atoms with E-state index in [0.29, 0.717) is 31.7 Å². The minimum Gasteiger partial charge on any atom is -0.497 e. The number of rotatable bonds is 11. The van der Waals surface area contributed by atoms with Crippen molar-refractivity contribution >= 4 is 11.8 Å². The zero-order chi connectivity index (χ0) is 23.7. The number of carbonyl (C=O) groups is 2. The molecule has 0 spiro atoms. The van der Waals surface area contributed by atoms with Gasteiger partial charge in [0.05, 0.1) is 7.11 Å². The molecule has 0 aromatic heterocycles. The van der Waals surface area contributed by atoms with Crippen molar-refractivity contribution in [3.63, 3.8) is 0 Å². The lowest BCUT2D eigenvalue weighted by atomic mass is 10.00. The second kappa shape index (κ2) is 12.3. The molecule has 0 saturated heterocycles. The van der Waals surface area contributed by atoms with Crippen LogP contribution in [-0.2, 0) is 22.6 Å². The van der Waals surface area contributed by atoms with E-state index < -0.39 is 6.04 Å². The highest BCUT2D eigenvalue weighted by atomic mass is 16.5. The highest BCUT2D eigenvalue weighted by Crippen LogP contribution is 2.19. The van der Waals surface area contributed by atoms with Gasteiger partial charge in [0.1, 0.15) is 11.8 Å². The molecule has 0 radical (unpaired) electrons. The summed E-state index contributed by atoms with van der Waals surface area (Å²) in [6.45, 7) is 10.5. The molecule has 0 fully saturated rings. The maximum atomic E-state index is 13.3. The number of aryl methyl sites for hydroxylation is 1. The van der Waals surface area contributed by atoms with Gasteiger partial charge in [-0.3, -0.25) is 9.59 Å². The SMILES string of the molecule is CCC(C(=O)NC(C)C)N(Cc1ccc(OC)cc1)C(=O)CCc1ccc(C(C)C)cc1. The van der Waals surface area contributed by atoms with Gasteiger partial charge in [0.25, 0.3) is 0 Å². The first-order valence-electron chi connectivity index (χ1n) is 11.6. The molecule has 1 unspecified atom stereocenters. The third-order valence-corrected chi connectivity index (χ3v) is 5.60. The topological polar surface area (TPSA) is 58.6 Å². The van der Waals surface area contributed by atoms with Crippen molar-refractivity contribution in [3.05, 3.63) is 65.2 Å². The molecule has 1 atom stereocenters. The van der Waals surface area contributed by atoms with Crippen LogP contribution in [0.5, 0.6) is 5.75 Å². The molecule has 1 N–H and O–H groups in total. The molecule has 2 amide bonds. The van der Waals surface area contributed by atoms with E-state index in [1.54, 1.807) is 12.0 Å². The number of nitrogens with one attached hydrogen (secondary N) is 1. The third kappa shape index (κ3) is 7.40. The summed E-state index contributed by atoms with van der Waals surface area (Å²) in [4.78, 5) is 27.9. The Morgan fingerprint density at radius 2 is 1.53 bits per heavy atom. The molecule has 5 heteroatoms. The second-order valence-electron chi connectivity index (χ2n) is 8.85. The Morgan fingerprint density at radius 1 is 0.938 bits per heavy atom. The molecule has 0 aliphatic rings. The van der Waals surface area contributed by atoms with Crippen LogP contribution in [0.25, 0.3) is 0 Å². The zero-order valence-electron chi connectivity index (χ0n) is 20.4. The van der Waals surface area contributed by atoms with Crippen molar-refractivity contribution in [1.82, 2.24) is 10.2 Å². The van der Waals surface area contributed by atoms with Gasteiger partial charge in [0.2, 0.25) is 11.8 Å². The van der Waals surface area contributed by atoms with Gasteiger partial charge in [-0.1, -0.05) is 57.2 Å². The maximum absolute atomic E-state index is 13.3. The van der Waals surface area contributed by atoms with E-state index in [0.717, 1.165) is 16.9 Å². The fraction of sp³-hybridized carbons (Fsp3) is 0.481. The van der Waals surface area contributed by atoms with Gasteiger partial charge in [0.15, 0.2) is 0 Å². The van der Waals surface area contributed by atoms with E-state index in [2.05, 4.69) is 43.4 Å². The number of methoxy groups -OCH3 is 1. The number of hydrogen-bond donors (Lipinski definition) is 1. The fourth-order valence-corrected chi connectivity index (χ4v) is 3.69. The van der Waals surface area contributed by atoms with Crippen LogP contribution >= 0.6 is 0 Å². The average Bonchev–Trinajstić information content (AvgIpc) is 2.77. The molecule has 2 rings (SSSR count). The van der Waals surface area contributed by atoms with Crippen molar-refractivity contribution in [1.29, 1.82) is 0 Å². The summed E-state index contributed by atoms with van der Waals surface area (Å²) in [6, 6.07) is 15.6. The van der Waals surface area contributed by atoms with E-state index >= 15 is 0 Å². The third-order valence-electron chi connectivity index (χ3n) is 5.60. The van der Waals surface area contributed by atoms with Crippen LogP contribution in [0.1, 0.15) is 70.1 Å². The lowest BCUT2D eigenvalue weighted by molar-refractivity contribution is -0.141. The first-order valence-corrected chi connectivity index (χ1v) is 11.6. The van der Waals surface area contributed by atoms with Crippen LogP contribution < -0.4 is 10.1 Å². The van der Waals surface area contributed by atoms with Crippen molar-refractivity contribution in [2.45, 2.75) is 78.4 Å². The second-order valence-corrected chi connectivity index (χ2v) is 8.85. The van der Waals surface area contributed by atoms with E-state index in [4.69, 9.17) is 4.74 Å². The fourth-order valence-electron chi connectivity index (χ4n) is 3.69. The molecule has 174 valence electrons. The number of benzene rings is 2. The molecule has 5 nitrogen and oxygen atoms in total. The maximum Gasteiger partial charge on any atom is 0.243 e. The first kappa shape index (κ1) is 25.4. The summed E-state index contributed by atoms with van der Waals surface area (Å²) < 4.78 is 5.24. The van der Waals surface area contributed by atoms with Gasteiger partial charge in [-0.25, -0.2) is 0 Å². The number of carbonyl (C=O) groups excluding carboxylic acids is 2. The van der Waals surface area contributed by atoms with E-state index in [1.807, 2.05) is 45.0 Å². The van der Waals surface area contributed by atoms with Crippen LogP contribution in [0.3, 0.4) is 0 Å². The van der Waals surface area contributed by atoms with Gasteiger partial charge in [-0.05, 0) is 61.4 Å². The van der Waals surface area contributed by atoms with E-state index in [1.165, 1.54) is 5.56 Å². The zero-order valence-corrected chi connectivity index (χ0v) is 20.4. The molecule has 2 aromatic carbocycles. The Hall–Kier alpha value is -2.82. The largest absolute Gasteiger partial charge is 0.497 e. The highest BCUT2D eigenvalue weighted by Gasteiger charge is 2.28. The van der Waals surface area contributed by atoms with Crippen LogP contribution in [-0.4, -0.2) is 35.9 Å². The van der Waals surface area contributed by atoms with Crippen LogP contribution in [0.4, 0.5) is 0 Å². The summed E-state index contributed by atoms with van der Waals surface area (Å²) in [7, 11) is 1.63. The molecule has 0 saturated carbocycles. The monoisotopic (exact) mass is 438 g/mol. The minimum atomic E-state index is -0.504. The Kier molecular flexibility index (Phi) is 9.76. The van der Waals surface area contributed by atoms with Gasteiger partial charge >= 0.3 is 0 Å².